The van der Waals surface area contributed by atoms with Crippen molar-refractivity contribution in [3.05, 3.63) is 23.7 Å². The molecular weight excluding hydrogens is 212 g/mol. The molecule has 0 aromatic carbocycles. The fourth-order valence-electron chi connectivity index (χ4n) is 1.14. The Morgan fingerprint density at radius 1 is 1.56 bits per heavy atom. The molecule has 6 heteroatoms. The van der Waals surface area contributed by atoms with Crippen molar-refractivity contribution in [2.45, 2.75) is 13.0 Å². The van der Waals surface area contributed by atoms with E-state index in [1.807, 2.05) is 5.43 Å². The molecule has 0 saturated heterocycles. The Morgan fingerprint density at radius 3 is 3.06 bits per heavy atom. The van der Waals surface area contributed by atoms with Crippen molar-refractivity contribution in [1.82, 2.24) is 5.43 Å². The maximum atomic E-state index is 11.1. The van der Waals surface area contributed by atoms with Gasteiger partial charge in [-0.25, -0.2) is 5.84 Å². The normalized spacial score (nSPS) is 10.4. The molecule has 0 bridgehead atoms. The number of carbonyl (C=O) groups excluding carboxylic acids is 1. The third-order valence-corrected chi connectivity index (χ3v) is 1.93. The molecule has 0 unspecified atom stereocenters. The van der Waals surface area contributed by atoms with Crippen LogP contribution in [0, 0.1) is 0 Å². The fraction of sp³-hybridized carbons (Fsp3) is 0.500. The summed E-state index contributed by atoms with van der Waals surface area (Å²) in [6.07, 6.45) is 2.17. The molecular formula is C10H16N2O4. The Balaban J connectivity index is 2.27. The van der Waals surface area contributed by atoms with Crippen LogP contribution in [0.15, 0.2) is 16.7 Å². The van der Waals surface area contributed by atoms with Gasteiger partial charge in [0.2, 0.25) is 0 Å². The number of furan rings is 1. The third-order valence-electron chi connectivity index (χ3n) is 1.93. The van der Waals surface area contributed by atoms with Gasteiger partial charge in [0.25, 0.3) is 5.91 Å². The molecule has 16 heavy (non-hydrogen) atoms. The number of hydrazine groups is 1. The molecule has 0 fully saturated rings. The minimum Gasteiger partial charge on any atom is -0.466 e. The summed E-state index contributed by atoms with van der Waals surface area (Å²) in [5.74, 6) is 5.20. The molecule has 0 aliphatic heterocycles. The molecule has 90 valence electrons. The first kappa shape index (κ1) is 12.7. The average molecular weight is 228 g/mol. The monoisotopic (exact) mass is 228 g/mol. The lowest BCUT2D eigenvalue weighted by molar-refractivity contribution is 0.0827. The van der Waals surface area contributed by atoms with Gasteiger partial charge in [-0.05, 0) is 12.5 Å². The van der Waals surface area contributed by atoms with Gasteiger partial charge >= 0.3 is 0 Å². The van der Waals surface area contributed by atoms with Crippen LogP contribution in [0.4, 0.5) is 0 Å². The minimum atomic E-state index is -0.380. The highest BCUT2D eigenvalue weighted by atomic mass is 16.5. The van der Waals surface area contributed by atoms with Crippen molar-refractivity contribution in [2.75, 3.05) is 20.3 Å². The maximum Gasteiger partial charge on any atom is 0.268 e. The SMILES string of the molecule is COCCCOCc1cc(C(=O)NN)co1. The van der Waals surface area contributed by atoms with E-state index < -0.39 is 0 Å². The van der Waals surface area contributed by atoms with Crippen LogP contribution in [-0.2, 0) is 16.1 Å². The van der Waals surface area contributed by atoms with E-state index in [4.69, 9.17) is 19.7 Å². The number of nitrogens with two attached hydrogens (primary N) is 1. The zero-order valence-electron chi connectivity index (χ0n) is 9.19. The Kier molecular flexibility index (Phi) is 5.55. The highest BCUT2D eigenvalue weighted by Crippen LogP contribution is 2.08. The van der Waals surface area contributed by atoms with Crippen LogP contribution in [0.5, 0.6) is 0 Å². The first-order valence-electron chi connectivity index (χ1n) is 4.93. The smallest absolute Gasteiger partial charge is 0.268 e. The molecule has 0 saturated carbocycles. The van der Waals surface area contributed by atoms with E-state index >= 15 is 0 Å². The number of hydrogen-bond donors (Lipinski definition) is 2. The molecule has 1 rings (SSSR count). The number of rotatable bonds is 7. The van der Waals surface area contributed by atoms with Crippen molar-refractivity contribution in [1.29, 1.82) is 0 Å². The van der Waals surface area contributed by atoms with Crippen LogP contribution < -0.4 is 11.3 Å². The van der Waals surface area contributed by atoms with Gasteiger partial charge in [-0.1, -0.05) is 0 Å². The molecule has 0 aliphatic rings. The zero-order chi connectivity index (χ0) is 11.8. The molecule has 3 N–H and O–H groups in total. The molecule has 1 amide bonds. The molecule has 0 radical (unpaired) electrons. The van der Waals surface area contributed by atoms with Gasteiger partial charge in [-0.2, -0.15) is 0 Å². The number of amides is 1. The summed E-state index contributed by atoms with van der Waals surface area (Å²) in [5.41, 5.74) is 2.41. The van der Waals surface area contributed by atoms with Crippen LogP contribution in [0.2, 0.25) is 0 Å². The predicted molar refractivity (Wildman–Crippen MR) is 56.5 cm³/mol. The summed E-state index contributed by atoms with van der Waals surface area (Å²) in [6.45, 7) is 1.59. The van der Waals surface area contributed by atoms with E-state index in [0.717, 1.165) is 6.42 Å². The lowest BCUT2D eigenvalue weighted by Gasteiger charge is -2.00. The van der Waals surface area contributed by atoms with Crippen LogP contribution in [0.1, 0.15) is 22.5 Å². The van der Waals surface area contributed by atoms with E-state index in [1.165, 1.54) is 6.26 Å². The lowest BCUT2D eigenvalue weighted by Crippen LogP contribution is -2.29. The molecule has 6 nitrogen and oxygen atoms in total. The topological polar surface area (TPSA) is 86.7 Å². The molecule has 1 aromatic heterocycles. The van der Waals surface area contributed by atoms with E-state index in [-0.39, 0.29) is 5.91 Å². The summed E-state index contributed by atoms with van der Waals surface area (Å²) in [5, 5.41) is 0. The number of nitrogens with one attached hydrogen (secondary N) is 1. The Labute approximate surface area is 93.7 Å². The average Bonchev–Trinajstić information content (AvgIpc) is 2.76. The summed E-state index contributed by atoms with van der Waals surface area (Å²) in [4.78, 5) is 11.1. The van der Waals surface area contributed by atoms with Gasteiger partial charge in [-0.3, -0.25) is 10.2 Å². The minimum absolute atomic E-state index is 0.335. The molecule has 1 aromatic rings. The summed E-state index contributed by atoms with van der Waals surface area (Å²) < 4.78 is 15.3. The Hall–Kier alpha value is -1.37. The van der Waals surface area contributed by atoms with Gasteiger partial charge < -0.3 is 13.9 Å². The van der Waals surface area contributed by atoms with E-state index in [2.05, 4.69) is 0 Å². The standard InChI is InChI=1S/C10H16N2O4/c1-14-3-2-4-15-7-9-5-8(6-16-9)10(13)12-11/h5-6H,2-4,7,11H2,1H3,(H,12,13). The van der Waals surface area contributed by atoms with Crippen LogP contribution in [0.3, 0.4) is 0 Å². The largest absolute Gasteiger partial charge is 0.466 e. The molecule has 0 atom stereocenters. The van der Waals surface area contributed by atoms with Crippen molar-refractivity contribution >= 4 is 5.91 Å². The van der Waals surface area contributed by atoms with Crippen LogP contribution in [0.25, 0.3) is 0 Å². The number of ether oxygens (including phenoxy) is 2. The summed E-state index contributed by atoms with van der Waals surface area (Å²) in [6, 6.07) is 1.60. The van der Waals surface area contributed by atoms with Crippen LogP contribution in [-0.4, -0.2) is 26.2 Å². The zero-order valence-corrected chi connectivity index (χ0v) is 9.19. The van der Waals surface area contributed by atoms with Gasteiger partial charge in [-0.15, -0.1) is 0 Å². The number of nitrogen functional groups attached to an aromatic ring is 1. The van der Waals surface area contributed by atoms with Crippen molar-refractivity contribution < 1.29 is 18.7 Å². The number of hydrogen-bond acceptors (Lipinski definition) is 5. The van der Waals surface area contributed by atoms with E-state index in [0.29, 0.717) is 31.1 Å². The lowest BCUT2D eigenvalue weighted by atomic mass is 10.3. The highest BCUT2D eigenvalue weighted by Gasteiger charge is 2.08. The maximum absolute atomic E-state index is 11.1. The number of carbonyl (C=O) groups is 1. The van der Waals surface area contributed by atoms with Crippen molar-refractivity contribution in [3.63, 3.8) is 0 Å². The quantitative estimate of drug-likeness (QED) is 0.306. The first-order valence-corrected chi connectivity index (χ1v) is 4.93. The van der Waals surface area contributed by atoms with Gasteiger partial charge in [0.1, 0.15) is 18.6 Å². The molecule has 0 aliphatic carbocycles. The second-order valence-electron chi connectivity index (χ2n) is 3.17. The van der Waals surface area contributed by atoms with Crippen molar-refractivity contribution in [3.8, 4) is 0 Å². The predicted octanol–water partition coefficient (Wildman–Crippen LogP) is 0.436. The third kappa shape index (κ3) is 4.01. The van der Waals surface area contributed by atoms with E-state index in [1.54, 1.807) is 13.2 Å². The summed E-state index contributed by atoms with van der Waals surface area (Å²) in [7, 11) is 1.64. The second kappa shape index (κ2) is 7.00. The van der Waals surface area contributed by atoms with E-state index in [9.17, 15) is 4.79 Å². The fourth-order valence-corrected chi connectivity index (χ4v) is 1.14. The van der Waals surface area contributed by atoms with Gasteiger partial charge in [0, 0.05) is 20.3 Å². The molecule has 0 spiro atoms. The second-order valence-corrected chi connectivity index (χ2v) is 3.17. The molecule has 1 heterocycles. The van der Waals surface area contributed by atoms with Crippen LogP contribution >= 0.6 is 0 Å². The van der Waals surface area contributed by atoms with Gasteiger partial charge in [0.15, 0.2) is 0 Å². The Morgan fingerprint density at radius 2 is 2.38 bits per heavy atom. The Bertz CT molecular complexity index is 324. The number of methoxy groups -OCH3 is 1. The first-order chi connectivity index (χ1) is 7.77. The highest BCUT2D eigenvalue weighted by molar-refractivity contribution is 5.93. The summed E-state index contributed by atoms with van der Waals surface area (Å²) >= 11 is 0. The van der Waals surface area contributed by atoms with Crippen molar-refractivity contribution in [2.24, 2.45) is 5.84 Å². The van der Waals surface area contributed by atoms with Gasteiger partial charge in [0.05, 0.1) is 5.56 Å².